The molecule has 1 rings (SSSR count). The summed E-state index contributed by atoms with van der Waals surface area (Å²) in [5.74, 6) is -2.28. The van der Waals surface area contributed by atoms with E-state index in [2.05, 4.69) is 20.9 Å². The fourth-order valence-corrected chi connectivity index (χ4v) is 1.28. The van der Waals surface area contributed by atoms with Crippen molar-refractivity contribution in [2.75, 3.05) is 44.5 Å². The highest BCUT2D eigenvalue weighted by Crippen LogP contribution is 2.18. The average Bonchev–Trinajstić information content (AvgIpc) is 2.38. The van der Waals surface area contributed by atoms with Gasteiger partial charge in [0.25, 0.3) is 0 Å². The van der Waals surface area contributed by atoms with Crippen LogP contribution in [0.1, 0.15) is 0 Å². The molecule has 1 aromatic heterocycles. The van der Waals surface area contributed by atoms with Crippen molar-refractivity contribution < 1.29 is 18.3 Å². The monoisotopic (exact) mass is 274 g/mol. The van der Waals surface area contributed by atoms with E-state index in [0.29, 0.717) is 19.2 Å². The number of rotatable bonds is 7. The quantitative estimate of drug-likeness (QED) is 0.634. The zero-order valence-electron chi connectivity index (χ0n) is 10.7. The van der Waals surface area contributed by atoms with Gasteiger partial charge in [-0.05, 0) is 0 Å². The lowest BCUT2D eigenvalue weighted by Crippen LogP contribution is -2.32. The van der Waals surface area contributed by atoms with Gasteiger partial charge in [-0.25, -0.2) is 13.8 Å². The van der Waals surface area contributed by atoms with E-state index >= 15 is 0 Å². The van der Waals surface area contributed by atoms with Crippen LogP contribution in [0.4, 0.5) is 20.4 Å². The Morgan fingerprint density at radius 1 is 1.37 bits per heavy atom. The molecule has 0 radical (unpaired) electrons. The topological polar surface area (TPSA) is 75.3 Å². The molecule has 0 aromatic carbocycles. The molecule has 19 heavy (non-hydrogen) atoms. The molecule has 0 bridgehead atoms. The van der Waals surface area contributed by atoms with Gasteiger partial charge < -0.3 is 20.7 Å². The number of nitrogens with zero attached hydrogens (tertiary/aromatic N) is 1. The van der Waals surface area contributed by atoms with Crippen molar-refractivity contribution in [2.45, 2.75) is 0 Å². The first kappa shape index (κ1) is 15.1. The van der Waals surface area contributed by atoms with Gasteiger partial charge >= 0.3 is 0 Å². The summed E-state index contributed by atoms with van der Waals surface area (Å²) < 4.78 is 31.3. The Morgan fingerprint density at radius 2 is 2.05 bits per heavy atom. The number of ether oxygens (including phenoxy) is 1. The zero-order valence-corrected chi connectivity index (χ0v) is 10.7. The third kappa shape index (κ3) is 4.66. The van der Waals surface area contributed by atoms with Gasteiger partial charge in [0.2, 0.25) is 5.91 Å². The minimum Gasteiger partial charge on any atom is -0.383 e. The molecule has 106 valence electrons. The summed E-state index contributed by atoms with van der Waals surface area (Å²) in [5.41, 5.74) is 0. The molecule has 0 saturated heterocycles. The van der Waals surface area contributed by atoms with Crippen LogP contribution in [0.15, 0.2) is 6.07 Å². The van der Waals surface area contributed by atoms with Crippen LogP contribution in [0, 0.1) is 11.6 Å². The van der Waals surface area contributed by atoms with Crippen molar-refractivity contribution in [3.05, 3.63) is 17.7 Å². The number of anilines is 2. The lowest BCUT2D eigenvalue weighted by atomic mass is 10.4. The van der Waals surface area contributed by atoms with Gasteiger partial charge in [0.1, 0.15) is 0 Å². The Hall–Kier alpha value is -1.96. The van der Waals surface area contributed by atoms with E-state index in [1.165, 1.54) is 14.2 Å². The molecule has 0 saturated carbocycles. The van der Waals surface area contributed by atoms with Crippen molar-refractivity contribution in [3.63, 3.8) is 0 Å². The molecule has 3 N–H and O–H groups in total. The highest BCUT2D eigenvalue weighted by atomic mass is 19.1. The summed E-state index contributed by atoms with van der Waals surface area (Å²) in [7, 11) is 2.98. The number of amides is 1. The van der Waals surface area contributed by atoms with Crippen LogP contribution in [0.5, 0.6) is 0 Å². The minimum absolute atomic E-state index is 0.0938. The number of hydrogen-bond donors (Lipinski definition) is 3. The van der Waals surface area contributed by atoms with E-state index in [4.69, 9.17) is 4.74 Å². The van der Waals surface area contributed by atoms with Gasteiger partial charge in [-0.2, -0.15) is 0 Å². The largest absolute Gasteiger partial charge is 0.383 e. The molecule has 0 atom stereocenters. The third-order valence-corrected chi connectivity index (χ3v) is 2.21. The second-order valence-electron chi connectivity index (χ2n) is 3.60. The predicted molar refractivity (Wildman–Crippen MR) is 67.1 cm³/mol. The van der Waals surface area contributed by atoms with Crippen LogP contribution in [0.2, 0.25) is 0 Å². The SMILES string of the molecule is CNc1nc(NCC(=O)NCCOC)c(F)cc1F. The van der Waals surface area contributed by atoms with Gasteiger partial charge in [0, 0.05) is 26.8 Å². The van der Waals surface area contributed by atoms with Gasteiger partial charge in [-0.15, -0.1) is 0 Å². The minimum atomic E-state index is -0.860. The molecule has 0 aliphatic heterocycles. The summed E-state index contributed by atoms with van der Waals surface area (Å²) in [5, 5.41) is 7.53. The number of carbonyl (C=O) groups excluding carboxylic acids is 1. The second kappa shape index (κ2) is 7.47. The number of aromatic nitrogens is 1. The lowest BCUT2D eigenvalue weighted by Gasteiger charge is -2.09. The van der Waals surface area contributed by atoms with Crippen LogP contribution in [-0.4, -0.2) is 44.7 Å². The van der Waals surface area contributed by atoms with E-state index in [-0.39, 0.29) is 24.1 Å². The number of halogens is 2. The van der Waals surface area contributed by atoms with Crippen LogP contribution < -0.4 is 16.0 Å². The van der Waals surface area contributed by atoms with Crippen LogP contribution in [-0.2, 0) is 9.53 Å². The maximum absolute atomic E-state index is 13.4. The number of carbonyl (C=O) groups is 1. The summed E-state index contributed by atoms with van der Waals surface area (Å²) in [6.45, 7) is 0.583. The first-order valence-corrected chi connectivity index (χ1v) is 5.61. The van der Waals surface area contributed by atoms with Crippen molar-refractivity contribution in [1.82, 2.24) is 10.3 Å². The Morgan fingerprint density at radius 3 is 2.68 bits per heavy atom. The van der Waals surface area contributed by atoms with E-state index < -0.39 is 11.6 Å². The molecular weight excluding hydrogens is 258 g/mol. The summed E-state index contributed by atoms with van der Waals surface area (Å²) in [6.07, 6.45) is 0. The predicted octanol–water partition coefficient (Wildman–Crippen LogP) is 0.576. The Kier molecular flexibility index (Phi) is 5.94. The van der Waals surface area contributed by atoms with Gasteiger partial charge in [0.15, 0.2) is 23.3 Å². The van der Waals surface area contributed by atoms with Gasteiger partial charge in [-0.3, -0.25) is 4.79 Å². The molecule has 1 amide bonds. The molecule has 8 heteroatoms. The number of pyridine rings is 1. The molecule has 0 fully saturated rings. The molecule has 1 heterocycles. The smallest absolute Gasteiger partial charge is 0.239 e. The number of nitrogens with one attached hydrogen (secondary N) is 3. The normalized spacial score (nSPS) is 10.1. The summed E-state index contributed by atoms with van der Waals surface area (Å²) >= 11 is 0. The van der Waals surface area contributed by atoms with E-state index in [1.54, 1.807) is 0 Å². The average molecular weight is 274 g/mol. The van der Waals surface area contributed by atoms with Crippen molar-refractivity contribution in [2.24, 2.45) is 0 Å². The molecule has 0 aliphatic rings. The molecule has 0 unspecified atom stereocenters. The lowest BCUT2D eigenvalue weighted by molar-refractivity contribution is -0.119. The molecular formula is C11H16F2N4O2. The Labute approximate surface area is 109 Å². The standard InChI is InChI=1S/C11H16F2N4O2/c1-14-10-7(12)5-8(13)11(17-10)16-6-9(18)15-3-4-19-2/h5H,3-4,6H2,1-2H3,(H,15,18)(H2,14,16,17). The number of methoxy groups -OCH3 is 1. The summed E-state index contributed by atoms with van der Waals surface area (Å²) in [4.78, 5) is 15.0. The maximum atomic E-state index is 13.4. The van der Waals surface area contributed by atoms with Crippen molar-refractivity contribution in [1.29, 1.82) is 0 Å². The Balaban J connectivity index is 2.55. The summed E-state index contributed by atoms with van der Waals surface area (Å²) in [6, 6.07) is 0.698. The van der Waals surface area contributed by atoms with E-state index in [0.717, 1.165) is 0 Å². The highest BCUT2D eigenvalue weighted by Gasteiger charge is 2.11. The third-order valence-electron chi connectivity index (χ3n) is 2.21. The first-order valence-electron chi connectivity index (χ1n) is 5.61. The second-order valence-corrected chi connectivity index (χ2v) is 3.60. The van der Waals surface area contributed by atoms with Crippen LogP contribution in [0.25, 0.3) is 0 Å². The fourth-order valence-electron chi connectivity index (χ4n) is 1.28. The molecule has 0 aliphatic carbocycles. The number of hydrogen-bond acceptors (Lipinski definition) is 5. The molecule has 0 spiro atoms. The van der Waals surface area contributed by atoms with Crippen LogP contribution >= 0.6 is 0 Å². The van der Waals surface area contributed by atoms with Gasteiger partial charge in [-0.1, -0.05) is 0 Å². The van der Waals surface area contributed by atoms with Crippen LogP contribution in [0.3, 0.4) is 0 Å². The highest BCUT2D eigenvalue weighted by molar-refractivity contribution is 5.80. The maximum Gasteiger partial charge on any atom is 0.239 e. The van der Waals surface area contributed by atoms with Gasteiger partial charge in [0.05, 0.1) is 13.2 Å². The van der Waals surface area contributed by atoms with Crippen molar-refractivity contribution >= 4 is 17.5 Å². The molecule has 1 aromatic rings. The fraction of sp³-hybridized carbons (Fsp3) is 0.455. The Bertz CT molecular complexity index is 443. The first-order chi connectivity index (χ1) is 9.08. The van der Waals surface area contributed by atoms with E-state index in [1.807, 2.05) is 0 Å². The zero-order chi connectivity index (χ0) is 14.3. The van der Waals surface area contributed by atoms with E-state index in [9.17, 15) is 13.6 Å². The van der Waals surface area contributed by atoms with Crippen molar-refractivity contribution in [3.8, 4) is 0 Å². The molecule has 6 nitrogen and oxygen atoms in total.